The predicted molar refractivity (Wildman–Crippen MR) is 109 cm³/mol. The summed E-state index contributed by atoms with van der Waals surface area (Å²) in [6, 6.07) is 3.09. The van der Waals surface area contributed by atoms with E-state index in [1.165, 1.54) is 0 Å². The number of carbonyl (C=O) groups is 1. The van der Waals surface area contributed by atoms with Crippen molar-refractivity contribution in [3.05, 3.63) is 28.5 Å². The van der Waals surface area contributed by atoms with E-state index in [4.69, 9.17) is 9.47 Å². The van der Waals surface area contributed by atoms with Gasteiger partial charge in [0, 0.05) is 42.9 Å². The molecular formula is C19H27BrN2O3Si. The summed E-state index contributed by atoms with van der Waals surface area (Å²) in [7, 11) is -1.10. The zero-order chi connectivity index (χ0) is 18.9. The van der Waals surface area contributed by atoms with Crippen LogP contribution in [0.5, 0.6) is 0 Å². The molecule has 0 aliphatic heterocycles. The number of fused-ring (bicyclic) bond motifs is 1. The first kappa shape index (κ1) is 19.6. The molecule has 142 valence electrons. The van der Waals surface area contributed by atoms with Crippen LogP contribution < -0.4 is 0 Å². The van der Waals surface area contributed by atoms with Crippen LogP contribution in [-0.4, -0.2) is 36.8 Å². The van der Waals surface area contributed by atoms with Crippen molar-refractivity contribution in [2.24, 2.45) is 5.92 Å². The maximum Gasteiger partial charge on any atom is 0.309 e. The lowest BCUT2D eigenvalue weighted by atomic mass is 10.1. The largest absolute Gasteiger partial charge is 0.466 e. The lowest BCUT2D eigenvalue weighted by Gasteiger charge is -2.15. The van der Waals surface area contributed by atoms with E-state index in [1.807, 2.05) is 13.0 Å². The Morgan fingerprint density at radius 2 is 2.19 bits per heavy atom. The van der Waals surface area contributed by atoms with Crippen molar-refractivity contribution >= 4 is 41.0 Å². The van der Waals surface area contributed by atoms with Crippen molar-refractivity contribution in [3.63, 3.8) is 0 Å². The number of hydrogen-bond acceptors (Lipinski definition) is 4. The van der Waals surface area contributed by atoms with E-state index < -0.39 is 8.07 Å². The fraction of sp³-hybridized carbons (Fsp3) is 0.579. The summed E-state index contributed by atoms with van der Waals surface area (Å²) in [4.78, 5) is 16.6. The minimum absolute atomic E-state index is 0.0334. The third-order valence-corrected chi connectivity index (χ3v) is 7.11. The molecule has 1 saturated carbocycles. The molecule has 1 aliphatic carbocycles. The van der Waals surface area contributed by atoms with Gasteiger partial charge >= 0.3 is 5.97 Å². The lowest BCUT2D eigenvalue weighted by Crippen LogP contribution is -2.22. The normalized spacial score (nSPS) is 19.7. The SMILES string of the molecule is CCOC(=O)C1CC1c1cn(COCC[Si](C)(C)C)c2nccc(Br)c12. The fourth-order valence-electron chi connectivity index (χ4n) is 3.18. The lowest BCUT2D eigenvalue weighted by molar-refractivity contribution is -0.144. The van der Waals surface area contributed by atoms with Gasteiger partial charge in [0.25, 0.3) is 0 Å². The Morgan fingerprint density at radius 3 is 2.88 bits per heavy atom. The molecular weight excluding hydrogens is 412 g/mol. The van der Waals surface area contributed by atoms with Gasteiger partial charge in [0.05, 0.1) is 12.5 Å². The first-order chi connectivity index (χ1) is 12.3. The maximum atomic E-state index is 12.0. The highest BCUT2D eigenvalue weighted by molar-refractivity contribution is 9.10. The first-order valence-electron chi connectivity index (χ1n) is 9.19. The molecule has 26 heavy (non-hydrogen) atoms. The summed E-state index contributed by atoms with van der Waals surface area (Å²) < 4.78 is 14.2. The van der Waals surface area contributed by atoms with Gasteiger partial charge in [-0.25, -0.2) is 4.98 Å². The van der Waals surface area contributed by atoms with E-state index in [0.717, 1.165) is 40.1 Å². The second kappa shape index (κ2) is 7.82. The van der Waals surface area contributed by atoms with Crippen LogP contribution >= 0.6 is 15.9 Å². The molecule has 2 aromatic heterocycles. The highest BCUT2D eigenvalue weighted by atomic mass is 79.9. The van der Waals surface area contributed by atoms with E-state index >= 15 is 0 Å². The third-order valence-electron chi connectivity index (χ3n) is 4.74. The molecule has 1 fully saturated rings. The zero-order valence-electron chi connectivity index (χ0n) is 15.9. The number of aromatic nitrogens is 2. The molecule has 0 amide bonds. The molecule has 0 bridgehead atoms. The number of nitrogens with zero attached hydrogens (tertiary/aromatic N) is 2. The van der Waals surface area contributed by atoms with Crippen LogP contribution in [0.2, 0.25) is 25.7 Å². The van der Waals surface area contributed by atoms with Crippen molar-refractivity contribution in [2.45, 2.75) is 51.7 Å². The van der Waals surface area contributed by atoms with Gasteiger partial charge in [-0.05, 0) is 46.9 Å². The Bertz CT molecular complexity index is 800. The van der Waals surface area contributed by atoms with Gasteiger partial charge in [-0.3, -0.25) is 4.79 Å². The van der Waals surface area contributed by atoms with E-state index in [0.29, 0.717) is 13.3 Å². The van der Waals surface area contributed by atoms with Crippen LogP contribution in [0, 0.1) is 5.92 Å². The molecule has 0 saturated heterocycles. The van der Waals surface area contributed by atoms with Gasteiger partial charge in [-0.15, -0.1) is 0 Å². The smallest absolute Gasteiger partial charge is 0.309 e. The summed E-state index contributed by atoms with van der Waals surface area (Å²) in [6.45, 7) is 10.6. The highest BCUT2D eigenvalue weighted by Gasteiger charge is 2.46. The number of esters is 1. The fourth-order valence-corrected chi connectivity index (χ4v) is 4.46. The van der Waals surface area contributed by atoms with Crippen LogP contribution in [0.4, 0.5) is 0 Å². The van der Waals surface area contributed by atoms with Crippen LogP contribution in [0.1, 0.15) is 24.8 Å². The number of hydrogen-bond donors (Lipinski definition) is 0. The Labute approximate surface area is 164 Å². The quantitative estimate of drug-likeness (QED) is 0.338. The van der Waals surface area contributed by atoms with Crippen LogP contribution in [0.25, 0.3) is 11.0 Å². The van der Waals surface area contributed by atoms with Crippen LogP contribution in [0.15, 0.2) is 22.9 Å². The maximum absolute atomic E-state index is 12.0. The van der Waals surface area contributed by atoms with Crippen LogP contribution in [-0.2, 0) is 21.0 Å². The van der Waals surface area contributed by atoms with Gasteiger partial charge in [0.2, 0.25) is 0 Å². The first-order valence-corrected chi connectivity index (χ1v) is 13.7. The Hall–Kier alpha value is -1.18. The monoisotopic (exact) mass is 438 g/mol. The molecule has 2 unspecified atom stereocenters. The second-order valence-electron chi connectivity index (χ2n) is 8.09. The van der Waals surface area contributed by atoms with Crippen LogP contribution in [0.3, 0.4) is 0 Å². The molecule has 5 nitrogen and oxygen atoms in total. The molecule has 0 aromatic carbocycles. The van der Waals surface area contributed by atoms with Gasteiger partial charge < -0.3 is 14.0 Å². The minimum Gasteiger partial charge on any atom is -0.466 e. The standard InChI is InChI=1S/C19H27BrN2O3Si/c1-5-25-19(23)14-10-13(14)15-11-22(12-24-8-9-26(2,3)4)18-17(15)16(20)6-7-21-18/h6-7,11,13-14H,5,8-10,12H2,1-4H3. The number of pyridine rings is 1. The van der Waals surface area contributed by atoms with Gasteiger partial charge in [0.1, 0.15) is 12.4 Å². The molecule has 2 heterocycles. The summed E-state index contributed by atoms with van der Waals surface area (Å²) >= 11 is 3.65. The average molecular weight is 439 g/mol. The van der Waals surface area contributed by atoms with E-state index in [2.05, 4.69) is 51.3 Å². The third kappa shape index (κ3) is 4.38. The van der Waals surface area contributed by atoms with Gasteiger partial charge in [0.15, 0.2) is 0 Å². The van der Waals surface area contributed by atoms with Gasteiger partial charge in [-0.2, -0.15) is 0 Å². The van der Waals surface area contributed by atoms with Crippen molar-refractivity contribution in [2.75, 3.05) is 13.2 Å². The number of ether oxygens (including phenoxy) is 2. The summed E-state index contributed by atoms with van der Waals surface area (Å²) in [6.07, 6.45) is 4.74. The number of carbonyl (C=O) groups excluding carboxylic acids is 1. The molecule has 7 heteroatoms. The molecule has 3 rings (SSSR count). The topological polar surface area (TPSA) is 53.4 Å². The minimum atomic E-state index is -1.10. The average Bonchev–Trinajstić information content (AvgIpc) is 3.27. The van der Waals surface area contributed by atoms with Crippen molar-refractivity contribution in [3.8, 4) is 0 Å². The number of halogens is 1. The Balaban J connectivity index is 1.78. The van der Waals surface area contributed by atoms with E-state index in [-0.39, 0.29) is 17.8 Å². The molecule has 2 aromatic rings. The molecule has 0 N–H and O–H groups in total. The van der Waals surface area contributed by atoms with Crippen molar-refractivity contribution in [1.82, 2.24) is 9.55 Å². The second-order valence-corrected chi connectivity index (χ2v) is 14.6. The Morgan fingerprint density at radius 1 is 1.42 bits per heavy atom. The molecule has 0 radical (unpaired) electrons. The Kier molecular flexibility index (Phi) is 5.89. The summed E-state index contributed by atoms with van der Waals surface area (Å²) in [5.74, 6) is 0.0824. The van der Waals surface area contributed by atoms with Crippen molar-refractivity contribution < 1.29 is 14.3 Å². The molecule has 0 spiro atoms. The number of rotatable bonds is 8. The molecule has 1 aliphatic rings. The molecule has 2 atom stereocenters. The zero-order valence-corrected chi connectivity index (χ0v) is 18.5. The summed E-state index contributed by atoms with van der Waals surface area (Å²) in [5.41, 5.74) is 2.06. The van der Waals surface area contributed by atoms with E-state index in [9.17, 15) is 4.79 Å². The summed E-state index contributed by atoms with van der Waals surface area (Å²) in [5, 5.41) is 1.08. The van der Waals surface area contributed by atoms with Gasteiger partial charge in [-0.1, -0.05) is 19.6 Å². The predicted octanol–water partition coefficient (Wildman–Crippen LogP) is 4.78. The van der Waals surface area contributed by atoms with E-state index in [1.54, 1.807) is 6.20 Å². The van der Waals surface area contributed by atoms with Crippen molar-refractivity contribution in [1.29, 1.82) is 0 Å². The highest BCUT2D eigenvalue weighted by Crippen LogP contribution is 2.51.